The van der Waals surface area contributed by atoms with Gasteiger partial charge >= 0.3 is 0 Å². The molecular formula is C13H8Cl2N4. The van der Waals surface area contributed by atoms with Gasteiger partial charge in [0.25, 0.3) is 0 Å². The molecule has 0 bridgehead atoms. The van der Waals surface area contributed by atoms with Crippen molar-refractivity contribution in [3.63, 3.8) is 0 Å². The topological polar surface area (TPSA) is 65.4 Å². The van der Waals surface area contributed by atoms with E-state index < -0.39 is 0 Å². The third kappa shape index (κ3) is 2.56. The van der Waals surface area contributed by atoms with Crippen molar-refractivity contribution in [2.75, 3.05) is 0 Å². The highest BCUT2D eigenvalue weighted by atomic mass is 35.5. The van der Waals surface area contributed by atoms with E-state index in [1.807, 2.05) is 12.1 Å². The van der Waals surface area contributed by atoms with Crippen LogP contribution in [0.1, 0.15) is 22.8 Å². The molecule has 0 saturated carbocycles. The molecule has 0 aliphatic carbocycles. The summed E-state index contributed by atoms with van der Waals surface area (Å²) in [5.74, 6) is 0.587. The molecule has 0 atom stereocenters. The summed E-state index contributed by atoms with van der Waals surface area (Å²) < 4.78 is 1.65. The third-order valence-corrected chi connectivity index (χ3v) is 3.31. The van der Waals surface area contributed by atoms with Crippen molar-refractivity contribution >= 4 is 23.2 Å². The van der Waals surface area contributed by atoms with Gasteiger partial charge in [-0.2, -0.15) is 10.5 Å². The van der Waals surface area contributed by atoms with Gasteiger partial charge in [0.15, 0.2) is 11.4 Å². The van der Waals surface area contributed by atoms with Crippen LogP contribution in [-0.2, 0) is 6.54 Å². The van der Waals surface area contributed by atoms with Crippen LogP contribution < -0.4 is 0 Å². The van der Waals surface area contributed by atoms with Gasteiger partial charge in [0.2, 0.25) is 0 Å². The van der Waals surface area contributed by atoms with E-state index in [4.69, 9.17) is 33.7 Å². The van der Waals surface area contributed by atoms with Crippen LogP contribution in [0.15, 0.2) is 18.2 Å². The zero-order valence-corrected chi connectivity index (χ0v) is 11.5. The number of aromatic nitrogens is 2. The fraction of sp³-hybridized carbons (Fsp3) is 0.154. The summed E-state index contributed by atoms with van der Waals surface area (Å²) in [5.41, 5.74) is 1.13. The van der Waals surface area contributed by atoms with Gasteiger partial charge in [-0.1, -0.05) is 23.2 Å². The van der Waals surface area contributed by atoms with Crippen molar-refractivity contribution in [3.8, 4) is 12.1 Å². The summed E-state index contributed by atoms with van der Waals surface area (Å²) in [6, 6.07) is 9.02. The number of nitriles is 2. The molecule has 0 aliphatic rings. The summed E-state index contributed by atoms with van der Waals surface area (Å²) in [6.07, 6.45) is 0. The van der Waals surface area contributed by atoms with Gasteiger partial charge < -0.3 is 4.57 Å². The van der Waals surface area contributed by atoms with E-state index >= 15 is 0 Å². The van der Waals surface area contributed by atoms with Crippen LogP contribution >= 0.6 is 23.2 Å². The van der Waals surface area contributed by atoms with Crippen molar-refractivity contribution in [2.24, 2.45) is 0 Å². The van der Waals surface area contributed by atoms with Crippen LogP contribution in [-0.4, -0.2) is 9.55 Å². The maximum absolute atomic E-state index is 9.12. The van der Waals surface area contributed by atoms with Gasteiger partial charge in [0.1, 0.15) is 18.0 Å². The van der Waals surface area contributed by atoms with Crippen LogP contribution in [0.2, 0.25) is 10.0 Å². The summed E-state index contributed by atoms with van der Waals surface area (Å²) >= 11 is 12.0. The molecule has 0 spiro atoms. The number of hydrogen-bond donors (Lipinski definition) is 0. The maximum atomic E-state index is 9.12. The second kappa shape index (κ2) is 5.32. The molecular weight excluding hydrogens is 283 g/mol. The van der Waals surface area contributed by atoms with Gasteiger partial charge in [-0.05, 0) is 30.7 Å². The first kappa shape index (κ1) is 13.4. The van der Waals surface area contributed by atoms with Gasteiger partial charge in [-0.3, -0.25) is 0 Å². The average Bonchev–Trinajstić information content (AvgIpc) is 2.70. The molecule has 0 radical (unpaired) electrons. The summed E-state index contributed by atoms with van der Waals surface area (Å²) in [4.78, 5) is 4.05. The van der Waals surface area contributed by atoms with Crippen LogP contribution in [0, 0.1) is 29.6 Å². The molecule has 19 heavy (non-hydrogen) atoms. The van der Waals surface area contributed by atoms with Gasteiger partial charge in [0, 0.05) is 10.0 Å². The van der Waals surface area contributed by atoms with Crippen molar-refractivity contribution in [1.29, 1.82) is 10.5 Å². The number of aryl methyl sites for hydroxylation is 1. The molecule has 0 aliphatic heterocycles. The number of halogens is 2. The Morgan fingerprint density at radius 2 is 2.00 bits per heavy atom. The van der Waals surface area contributed by atoms with Crippen molar-refractivity contribution in [2.45, 2.75) is 13.5 Å². The Morgan fingerprint density at radius 3 is 2.63 bits per heavy atom. The number of benzene rings is 1. The van der Waals surface area contributed by atoms with Crippen molar-refractivity contribution in [3.05, 3.63) is 51.0 Å². The third-order valence-electron chi connectivity index (χ3n) is 2.71. The normalized spacial score (nSPS) is 9.95. The molecule has 2 rings (SSSR count). The monoisotopic (exact) mass is 290 g/mol. The molecule has 0 saturated heterocycles. The Bertz CT molecular complexity index is 719. The van der Waals surface area contributed by atoms with Gasteiger partial charge in [-0.25, -0.2) is 4.98 Å². The first-order valence-electron chi connectivity index (χ1n) is 5.38. The molecule has 1 aromatic heterocycles. The Kier molecular flexibility index (Phi) is 3.76. The lowest BCUT2D eigenvalue weighted by Gasteiger charge is -2.08. The highest BCUT2D eigenvalue weighted by Gasteiger charge is 2.15. The highest BCUT2D eigenvalue weighted by molar-refractivity contribution is 6.33. The smallest absolute Gasteiger partial charge is 0.177 e. The Balaban J connectivity index is 2.50. The molecule has 2 aromatic rings. The van der Waals surface area contributed by atoms with E-state index in [-0.39, 0.29) is 11.4 Å². The zero-order chi connectivity index (χ0) is 14.0. The van der Waals surface area contributed by atoms with Crippen LogP contribution in [0.25, 0.3) is 0 Å². The standard InChI is InChI=1S/C13H8Cl2N4/c1-8-18-12(5-16)13(6-17)19(8)7-9-4-10(14)2-3-11(9)15/h2-4H,7H2,1H3. The van der Waals surface area contributed by atoms with Crippen molar-refractivity contribution < 1.29 is 0 Å². The zero-order valence-electron chi connectivity index (χ0n) is 9.98. The van der Waals surface area contributed by atoms with E-state index in [0.29, 0.717) is 22.4 Å². The number of nitrogens with zero attached hydrogens (tertiary/aromatic N) is 4. The molecule has 6 heteroatoms. The molecule has 0 fully saturated rings. The summed E-state index contributed by atoms with van der Waals surface area (Å²) in [5, 5.41) is 19.2. The van der Waals surface area contributed by atoms with Gasteiger partial charge in [-0.15, -0.1) is 0 Å². The Hall–Kier alpha value is -2.01. The molecule has 0 N–H and O–H groups in total. The summed E-state index contributed by atoms with van der Waals surface area (Å²) in [7, 11) is 0. The second-order valence-corrected chi connectivity index (χ2v) is 4.75. The SMILES string of the molecule is Cc1nc(C#N)c(C#N)n1Cc1cc(Cl)ccc1Cl. The largest absolute Gasteiger partial charge is 0.314 e. The fourth-order valence-corrected chi connectivity index (χ4v) is 2.16. The quantitative estimate of drug-likeness (QED) is 0.852. The number of imidazole rings is 1. The average molecular weight is 291 g/mol. The minimum absolute atomic E-state index is 0.123. The number of hydrogen-bond acceptors (Lipinski definition) is 3. The van der Waals surface area contributed by atoms with Crippen LogP contribution in [0.4, 0.5) is 0 Å². The van der Waals surface area contributed by atoms with E-state index in [2.05, 4.69) is 4.98 Å². The lowest BCUT2D eigenvalue weighted by molar-refractivity contribution is 0.752. The first-order valence-corrected chi connectivity index (χ1v) is 6.13. The molecule has 1 aromatic carbocycles. The van der Waals surface area contributed by atoms with E-state index in [9.17, 15) is 0 Å². The van der Waals surface area contributed by atoms with E-state index in [0.717, 1.165) is 5.56 Å². The maximum Gasteiger partial charge on any atom is 0.177 e. The molecule has 4 nitrogen and oxygen atoms in total. The molecule has 94 valence electrons. The second-order valence-electron chi connectivity index (χ2n) is 3.90. The van der Waals surface area contributed by atoms with E-state index in [1.165, 1.54) is 0 Å². The molecule has 0 unspecified atom stereocenters. The van der Waals surface area contributed by atoms with Gasteiger partial charge in [0.05, 0.1) is 6.54 Å². The fourth-order valence-electron chi connectivity index (χ4n) is 1.78. The molecule has 1 heterocycles. The minimum Gasteiger partial charge on any atom is -0.314 e. The predicted octanol–water partition coefficient (Wildman–Crippen LogP) is 3.29. The van der Waals surface area contributed by atoms with E-state index in [1.54, 1.807) is 29.7 Å². The molecule has 0 amide bonds. The first-order chi connectivity index (χ1) is 9.06. The van der Waals surface area contributed by atoms with Crippen LogP contribution in [0.3, 0.4) is 0 Å². The minimum atomic E-state index is 0.123. The lowest BCUT2D eigenvalue weighted by atomic mass is 10.2. The summed E-state index contributed by atoms with van der Waals surface area (Å²) in [6.45, 7) is 2.09. The Labute approximate surface area is 120 Å². The lowest BCUT2D eigenvalue weighted by Crippen LogP contribution is -2.05. The predicted molar refractivity (Wildman–Crippen MR) is 72.0 cm³/mol. The highest BCUT2D eigenvalue weighted by Crippen LogP contribution is 2.23. The van der Waals surface area contributed by atoms with Crippen molar-refractivity contribution in [1.82, 2.24) is 9.55 Å². The Morgan fingerprint density at radius 1 is 1.26 bits per heavy atom. The number of rotatable bonds is 2. The van der Waals surface area contributed by atoms with Crippen LogP contribution in [0.5, 0.6) is 0 Å².